The molecule has 0 saturated carbocycles. The minimum atomic E-state index is -0.738. The Morgan fingerprint density at radius 2 is 1.95 bits per heavy atom. The quantitative estimate of drug-likeness (QED) is 0.162. The predicted molar refractivity (Wildman–Crippen MR) is 157 cm³/mol. The Balaban J connectivity index is 2.05. The normalized spacial score (nSPS) is 31.5. The third kappa shape index (κ3) is 5.70. The Morgan fingerprint density at radius 1 is 1.23 bits per heavy atom. The highest BCUT2D eigenvalue weighted by atomic mass is 32.2. The number of nitrogens with zero attached hydrogens (tertiary/aromatic N) is 2. The molecule has 3 unspecified atom stereocenters. The first kappa shape index (κ1) is 31.7. The number of carbonyl (C=O) groups is 3. The number of likely N-dealkylation sites (tertiary alicyclic amines) is 1. The van der Waals surface area contributed by atoms with Crippen LogP contribution in [0.25, 0.3) is 0 Å². The van der Waals surface area contributed by atoms with Crippen LogP contribution in [0.5, 0.6) is 0 Å². The van der Waals surface area contributed by atoms with E-state index in [9.17, 15) is 19.5 Å². The van der Waals surface area contributed by atoms with Gasteiger partial charge in [0.25, 0.3) is 0 Å². The summed E-state index contributed by atoms with van der Waals surface area (Å²) in [6.07, 6.45) is 10.1. The van der Waals surface area contributed by atoms with E-state index in [0.717, 1.165) is 44.9 Å². The van der Waals surface area contributed by atoms with Crippen molar-refractivity contribution in [2.45, 2.75) is 114 Å². The maximum atomic E-state index is 14.6. The van der Waals surface area contributed by atoms with Crippen molar-refractivity contribution in [2.24, 2.45) is 17.8 Å². The van der Waals surface area contributed by atoms with Gasteiger partial charge in [-0.05, 0) is 58.3 Å². The maximum absolute atomic E-state index is 14.6. The summed E-state index contributed by atoms with van der Waals surface area (Å²) >= 11 is 1.66. The molecule has 39 heavy (non-hydrogen) atoms. The topological polar surface area (TPSA) is 87.1 Å². The van der Waals surface area contributed by atoms with Crippen LogP contribution >= 0.6 is 11.8 Å². The van der Waals surface area contributed by atoms with Crippen molar-refractivity contribution in [1.82, 2.24) is 9.80 Å². The number of aliphatic hydroxyl groups excluding tert-OH is 1. The largest absolute Gasteiger partial charge is 0.465 e. The minimum absolute atomic E-state index is 0.00144. The lowest BCUT2D eigenvalue weighted by Gasteiger charge is -2.42. The standard InChI is InChI=1S/C31H50N2O5S/c1-8-12-13-14-19-38-29(37)25-24-27(35)33(23(20-34)21(5)11-4)26(31(24)17-16-30(25,7)39-31)28(36)32(18-10-3)22(6)15-9-2/h8,10,21-26,34H,1,3,9,11-20H2,2,4-7H3/t21-,22?,23-,24-,25-,26?,30+,31?/m0/s1. The summed E-state index contributed by atoms with van der Waals surface area (Å²) in [5.41, 5.74) is 0. The molecule has 220 valence electrons. The molecule has 3 aliphatic heterocycles. The number of hydrogen-bond acceptors (Lipinski definition) is 6. The molecule has 3 fully saturated rings. The van der Waals surface area contributed by atoms with Crippen molar-refractivity contribution in [1.29, 1.82) is 0 Å². The van der Waals surface area contributed by atoms with E-state index in [1.807, 2.05) is 31.7 Å². The first-order chi connectivity index (χ1) is 18.6. The smallest absolute Gasteiger partial charge is 0.311 e. The van der Waals surface area contributed by atoms with Gasteiger partial charge in [-0.25, -0.2) is 0 Å². The third-order valence-electron chi connectivity index (χ3n) is 9.44. The zero-order valence-corrected chi connectivity index (χ0v) is 25.5. The lowest BCUT2D eigenvalue weighted by atomic mass is 9.66. The molecule has 3 rings (SSSR count). The fourth-order valence-corrected chi connectivity index (χ4v) is 9.51. The molecule has 3 heterocycles. The molecule has 1 N–H and O–H groups in total. The van der Waals surface area contributed by atoms with Crippen LogP contribution in [0.1, 0.15) is 86.0 Å². The molecule has 0 aromatic heterocycles. The van der Waals surface area contributed by atoms with Gasteiger partial charge in [-0.2, -0.15) is 0 Å². The average molecular weight is 563 g/mol. The van der Waals surface area contributed by atoms with Crippen molar-refractivity contribution in [3.63, 3.8) is 0 Å². The number of hydrogen-bond donors (Lipinski definition) is 1. The first-order valence-corrected chi connectivity index (χ1v) is 15.7. The van der Waals surface area contributed by atoms with Gasteiger partial charge in [-0.3, -0.25) is 14.4 Å². The van der Waals surface area contributed by atoms with E-state index in [1.165, 1.54) is 0 Å². The Bertz CT molecular complexity index is 927. The van der Waals surface area contributed by atoms with E-state index < -0.39 is 33.4 Å². The molecule has 8 heteroatoms. The number of thioether (sulfide) groups is 1. The minimum Gasteiger partial charge on any atom is -0.465 e. The van der Waals surface area contributed by atoms with Crippen LogP contribution in [-0.4, -0.2) is 80.1 Å². The zero-order valence-electron chi connectivity index (χ0n) is 24.7. The molecular weight excluding hydrogens is 512 g/mol. The third-order valence-corrected chi connectivity index (χ3v) is 11.4. The molecule has 8 atom stereocenters. The second kappa shape index (κ2) is 13.2. The van der Waals surface area contributed by atoms with E-state index in [0.29, 0.717) is 19.6 Å². The fourth-order valence-electron chi connectivity index (χ4n) is 7.18. The summed E-state index contributed by atoms with van der Waals surface area (Å²) in [5.74, 6) is -1.86. The monoisotopic (exact) mass is 562 g/mol. The molecule has 3 saturated heterocycles. The Kier molecular flexibility index (Phi) is 10.8. The molecule has 3 aliphatic rings. The second-order valence-corrected chi connectivity index (χ2v) is 13.9. The van der Waals surface area contributed by atoms with Gasteiger partial charge in [-0.1, -0.05) is 45.8 Å². The van der Waals surface area contributed by atoms with Crippen LogP contribution in [0.15, 0.2) is 25.3 Å². The highest BCUT2D eigenvalue weighted by molar-refractivity contribution is 8.02. The maximum Gasteiger partial charge on any atom is 0.311 e. The number of esters is 1. The first-order valence-electron chi connectivity index (χ1n) is 14.9. The predicted octanol–water partition coefficient (Wildman–Crippen LogP) is 4.98. The van der Waals surface area contributed by atoms with Gasteiger partial charge in [0.05, 0.1) is 35.8 Å². The van der Waals surface area contributed by atoms with Crippen LogP contribution in [0.4, 0.5) is 0 Å². The van der Waals surface area contributed by atoms with E-state index in [-0.39, 0.29) is 36.4 Å². The van der Waals surface area contributed by atoms with Gasteiger partial charge >= 0.3 is 5.97 Å². The zero-order chi connectivity index (χ0) is 29.0. The van der Waals surface area contributed by atoms with Crippen LogP contribution in [0.2, 0.25) is 0 Å². The summed E-state index contributed by atoms with van der Waals surface area (Å²) in [6, 6.07) is -1.25. The van der Waals surface area contributed by atoms with Crippen molar-refractivity contribution in [3.05, 3.63) is 25.3 Å². The van der Waals surface area contributed by atoms with Gasteiger partial charge in [0, 0.05) is 17.3 Å². The summed E-state index contributed by atoms with van der Waals surface area (Å²) in [7, 11) is 0. The Labute approximate surface area is 239 Å². The van der Waals surface area contributed by atoms with Gasteiger partial charge < -0.3 is 19.6 Å². The summed E-state index contributed by atoms with van der Waals surface area (Å²) in [6.45, 7) is 18.4. The van der Waals surface area contributed by atoms with Crippen molar-refractivity contribution < 1.29 is 24.2 Å². The lowest BCUT2D eigenvalue weighted by molar-refractivity contribution is -0.156. The van der Waals surface area contributed by atoms with Crippen LogP contribution < -0.4 is 0 Å². The van der Waals surface area contributed by atoms with Crippen LogP contribution in [0.3, 0.4) is 0 Å². The molecule has 0 aromatic carbocycles. The van der Waals surface area contributed by atoms with Crippen molar-refractivity contribution >= 4 is 29.5 Å². The molecule has 0 aliphatic carbocycles. The lowest BCUT2D eigenvalue weighted by Crippen LogP contribution is -2.59. The molecule has 2 bridgehead atoms. The van der Waals surface area contributed by atoms with E-state index in [2.05, 4.69) is 27.0 Å². The molecule has 1 spiro atoms. The van der Waals surface area contributed by atoms with E-state index in [4.69, 9.17) is 4.74 Å². The van der Waals surface area contributed by atoms with Crippen LogP contribution in [0, 0.1) is 17.8 Å². The second-order valence-electron chi connectivity index (χ2n) is 12.0. The molecular formula is C31H50N2O5S. The molecule has 7 nitrogen and oxygen atoms in total. The Hall–Kier alpha value is -1.80. The van der Waals surface area contributed by atoms with E-state index in [1.54, 1.807) is 22.7 Å². The number of allylic oxidation sites excluding steroid dienone is 1. The van der Waals surface area contributed by atoms with Crippen molar-refractivity contribution in [2.75, 3.05) is 19.8 Å². The van der Waals surface area contributed by atoms with Gasteiger partial charge in [0.1, 0.15) is 6.04 Å². The fraction of sp³-hybridized carbons (Fsp3) is 0.774. The SMILES string of the molecule is C=CCCCCOC(=O)[C@@H]1[C@H]2C(=O)N([C@@H](CO)[C@@H](C)CC)C(C(=O)N(CC=C)C(C)CCC)C23CC[C@@]1(C)S3. The number of carbonyl (C=O) groups excluding carboxylic acids is 3. The molecule has 2 amide bonds. The van der Waals surface area contributed by atoms with Gasteiger partial charge in [0.15, 0.2) is 0 Å². The summed E-state index contributed by atoms with van der Waals surface area (Å²) in [4.78, 5) is 46.2. The number of aliphatic hydroxyl groups is 1. The van der Waals surface area contributed by atoms with E-state index >= 15 is 0 Å². The van der Waals surface area contributed by atoms with Gasteiger partial charge in [0.2, 0.25) is 11.8 Å². The average Bonchev–Trinajstić information content (AvgIpc) is 3.48. The van der Waals surface area contributed by atoms with Crippen molar-refractivity contribution in [3.8, 4) is 0 Å². The number of unbranched alkanes of at least 4 members (excludes halogenated alkanes) is 2. The molecule has 0 aromatic rings. The summed E-state index contributed by atoms with van der Waals surface area (Å²) in [5, 5.41) is 10.5. The highest BCUT2D eigenvalue weighted by Crippen LogP contribution is 2.72. The van der Waals surface area contributed by atoms with Crippen LogP contribution in [-0.2, 0) is 19.1 Å². The Morgan fingerprint density at radius 3 is 2.54 bits per heavy atom. The number of fused-ring (bicyclic) bond motifs is 1. The number of ether oxygens (including phenoxy) is 1. The van der Waals surface area contributed by atoms with Gasteiger partial charge in [-0.15, -0.1) is 24.9 Å². The summed E-state index contributed by atoms with van der Waals surface area (Å²) < 4.78 is 4.58. The number of amides is 2. The molecule has 0 radical (unpaired) electrons. The highest BCUT2D eigenvalue weighted by Gasteiger charge is 2.78. The number of rotatable bonds is 16.